The van der Waals surface area contributed by atoms with E-state index in [4.69, 9.17) is 5.11 Å². The van der Waals surface area contributed by atoms with Crippen LogP contribution in [-0.4, -0.2) is 42.6 Å². The summed E-state index contributed by atoms with van der Waals surface area (Å²) in [5, 5.41) is 8.46. The molecule has 84 valence electrons. The Morgan fingerprint density at radius 2 is 2.00 bits per heavy atom. The van der Waals surface area contributed by atoms with E-state index in [9.17, 15) is 13.2 Å². The molecule has 14 heavy (non-hydrogen) atoms. The number of carboxylic acids is 1. The van der Waals surface area contributed by atoms with Crippen molar-refractivity contribution in [2.24, 2.45) is 0 Å². The highest BCUT2D eigenvalue weighted by atomic mass is 32.2. The second-order valence-electron chi connectivity index (χ2n) is 3.27. The first-order chi connectivity index (χ1) is 6.29. The van der Waals surface area contributed by atoms with Crippen molar-refractivity contribution >= 4 is 16.0 Å². The molecule has 0 spiro atoms. The Labute approximate surface area is 84.8 Å². The van der Waals surface area contributed by atoms with Crippen molar-refractivity contribution in [2.75, 3.05) is 12.8 Å². The normalized spacial score (nSPS) is 14.3. The molecule has 0 radical (unpaired) electrons. The van der Waals surface area contributed by atoms with Gasteiger partial charge in [-0.25, -0.2) is 8.42 Å². The standard InChI is InChI=1S/C8H17NO4S/c1-4-7(2)9(14(3,12)13)6-5-8(10)11/h7H,4-6H2,1-3H3,(H,10,11). The highest BCUT2D eigenvalue weighted by Crippen LogP contribution is 2.09. The molecular formula is C8H17NO4S. The van der Waals surface area contributed by atoms with Crippen molar-refractivity contribution in [3.63, 3.8) is 0 Å². The van der Waals surface area contributed by atoms with Gasteiger partial charge in [-0.15, -0.1) is 0 Å². The second-order valence-corrected chi connectivity index (χ2v) is 5.21. The van der Waals surface area contributed by atoms with Crippen LogP contribution in [0.4, 0.5) is 0 Å². The predicted octanol–water partition coefficient (Wildman–Crippen LogP) is 0.521. The van der Waals surface area contributed by atoms with Crippen molar-refractivity contribution in [3.8, 4) is 0 Å². The van der Waals surface area contributed by atoms with E-state index in [0.29, 0.717) is 6.42 Å². The summed E-state index contributed by atoms with van der Waals surface area (Å²) in [6.07, 6.45) is 1.62. The topological polar surface area (TPSA) is 74.7 Å². The highest BCUT2D eigenvalue weighted by molar-refractivity contribution is 7.88. The van der Waals surface area contributed by atoms with Gasteiger partial charge in [0.15, 0.2) is 0 Å². The van der Waals surface area contributed by atoms with Gasteiger partial charge in [-0.05, 0) is 13.3 Å². The third-order valence-electron chi connectivity index (χ3n) is 2.05. The smallest absolute Gasteiger partial charge is 0.304 e. The molecule has 0 aromatic rings. The van der Waals surface area contributed by atoms with Crippen LogP contribution in [0.25, 0.3) is 0 Å². The summed E-state index contributed by atoms with van der Waals surface area (Å²) in [4.78, 5) is 10.3. The molecule has 0 saturated heterocycles. The first-order valence-electron chi connectivity index (χ1n) is 4.47. The van der Waals surface area contributed by atoms with Gasteiger partial charge in [-0.3, -0.25) is 4.79 Å². The number of sulfonamides is 1. The van der Waals surface area contributed by atoms with Gasteiger partial charge < -0.3 is 5.11 Å². The average Bonchev–Trinajstić information content (AvgIpc) is 2.01. The fourth-order valence-electron chi connectivity index (χ4n) is 1.12. The highest BCUT2D eigenvalue weighted by Gasteiger charge is 2.22. The molecule has 0 rings (SSSR count). The molecule has 0 bridgehead atoms. The van der Waals surface area contributed by atoms with Crippen LogP contribution in [0.2, 0.25) is 0 Å². The van der Waals surface area contributed by atoms with Gasteiger partial charge >= 0.3 is 5.97 Å². The van der Waals surface area contributed by atoms with Crippen molar-refractivity contribution in [2.45, 2.75) is 32.7 Å². The number of nitrogens with zero attached hydrogens (tertiary/aromatic N) is 1. The Hall–Kier alpha value is -0.620. The van der Waals surface area contributed by atoms with Crippen LogP contribution in [0, 0.1) is 0 Å². The lowest BCUT2D eigenvalue weighted by Gasteiger charge is -2.25. The molecule has 0 aliphatic rings. The third-order valence-corrected chi connectivity index (χ3v) is 3.45. The zero-order valence-electron chi connectivity index (χ0n) is 8.73. The van der Waals surface area contributed by atoms with E-state index >= 15 is 0 Å². The van der Waals surface area contributed by atoms with Crippen LogP contribution in [0.1, 0.15) is 26.7 Å². The number of aliphatic carboxylic acids is 1. The molecule has 0 aliphatic heterocycles. The second kappa shape index (κ2) is 5.31. The summed E-state index contributed by atoms with van der Waals surface area (Å²) < 4.78 is 23.8. The number of hydrogen-bond acceptors (Lipinski definition) is 3. The first-order valence-corrected chi connectivity index (χ1v) is 6.32. The molecule has 0 aromatic carbocycles. The van der Waals surface area contributed by atoms with Crippen molar-refractivity contribution in [1.82, 2.24) is 4.31 Å². The maximum absolute atomic E-state index is 11.3. The Kier molecular flexibility index (Phi) is 5.07. The van der Waals surface area contributed by atoms with E-state index in [0.717, 1.165) is 6.26 Å². The van der Waals surface area contributed by atoms with Gasteiger partial charge in [-0.2, -0.15) is 4.31 Å². The largest absolute Gasteiger partial charge is 0.481 e. The van der Waals surface area contributed by atoms with Crippen LogP contribution >= 0.6 is 0 Å². The minimum Gasteiger partial charge on any atom is -0.481 e. The van der Waals surface area contributed by atoms with Gasteiger partial charge in [0.2, 0.25) is 10.0 Å². The molecule has 0 aromatic heterocycles. The SMILES string of the molecule is CCC(C)N(CCC(=O)O)S(C)(=O)=O. The van der Waals surface area contributed by atoms with Crippen LogP contribution < -0.4 is 0 Å². The van der Waals surface area contributed by atoms with Crippen LogP contribution in [0.3, 0.4) is 0 Å². The number of rotatable bonds is 6. The van der Waals surface area contributed by atoms with E-state index in [1.165, 1.54) is 4.31 Å². The van der Waals surface area contributed by atoms with E-state index in [2.05, 4.69) is 0 Å². The molecule has 1 unspecified atom stereocenters. The number of carbonyl (C=O) groups is 1. The number of carboxylic acid groups (broad SMARTS) is 1. The Balaban J connectivity index is 4.50. The van der Waals surface area contributed by atoms with Crippen LogP contribution in [0.15, 0.2) is 0 Å². The zero-order chi connectivity index (χ0) is 11.4. The Morgan fingerprint density at radius 3 is 2.29 bits per heavy atom. The first kappa shape index (κ1) is 13.4. The van der Waals surface area contributed by atoms with E-state index in [1.54, 1.807) is 6.92 Å². The van der Waals surface area contributed by atoms with Gasteiger partial charge in [0.05, 0.1) is 12.7 Å². The summed E-state index contributed by atoms with van der Waals surface area (Å²) in [7, 11) is -3.30. The summed E-state index contributed by atoms with van der Waals surface area (Å²) in [5.41, 5.74) is 0. The molecule has 6 heteroatoms. The molecule has 1 N–H and O–H groups in total. The van der Waals surface area contributed by atoms with E-state index < -0.39 is 16.0 Å². The Morgan fingerprint density at radius 1 is 1.50 bits per heavy atom. The fraction of sp³-hybridized carbons (Fsp3) is 0.875. The average molecular weight is 223 g/mol. The summed E-state index contributed by atoms with van der Waals surface area (Å²) in [5.74, 6) is -0.984. The lowest BCUT2D eigenvalue weighted by Crippen LogP contribution is -2.38. The third kappa shape index (κ3) is 4.57. The molecule has 0 heterocycles. The monoisotopic (exact) mass is 223 g/mol. The van der Waals surface area contributed by atoms with Crippen LogP contribution in [0.5, 0.6) is 0 Å². The zero-order valence-corrected chi connectivity index (χ0v) is 9.54. The summed E-state index contributed by atoms with van der Waals surface area (Å²) in [6.45, 7) is 3.68. The minimum absolute atomic E-state index is 0.0448. The maximum atomic E-state index is 11.3. The molecule has 1 atom stereocenters. The minimum atomic E-state index is -3.30. The summed E-state index contributed by atoms with van der Waals surface area (Å²) >= 11 is 0. The van der Waals surface area contributed by atoms with Gasteiger partial charge in [0.1, 0.15) is 0 Å². The van der Waals surface area contributed by atoms with E-state index in [1.807, 2.05) is 6.92 Å². The molecule has 5 nitrogen and oxygen atoms in total. The summed E-state index contributed by atoms with van der Waals surface area (Å²) in [6, 6.07) is -0.149. The predicted molar refractivity (Wildman–Crippen MR) is 53.6 cm³/mol. The molecule has 0 saturated carbocycles. The van der Waals surface area contributed by atoms with Crippen molar-refractivity contribution in [3.05, 3.63) is 0 Å². The van der Waals surface area contributed by atoms with Crippen molar-refractivity contribution in [1.29, 1.82) is 0 Å². The van der Waals surface area contributed by atoms with Crippen LogP contribution in [-0.2, 0) is 14.8 Å². The molecular weight excluding hydrogens is 206 g/mol. The maximum Gasteiger partial charge on any atom is 0.304 e. The van der Waals surface area contributed by atoms with E-state index in [-0.39, 0.29) is 19.0 Å². The Bertz CT molecular complexity index is 286. The fourth-order valence-corrected chi connectivity index (χ4v) is 2.35. The quantitative estimate of drug-likeness (QED) is 0.712. The van der Waals surface area contributed by atoms with Gasteiger partial charge in [0, 0.05) is 12.6 Å². The lowest BCUT2D eigenvalue weighted by molar-refractivity contribution is -0.137. The number of hydrogen-bond donors (Lipinski definition) is 1. The van der Waals surface area contributed by atoms with Crippen molar-refractivity contribution < 1.29 is 18.3 Å². The molecule has 0 amide bonds. The van der Waals surface area contributed by atoms with Gasteiger partial charge in [-0.1, -0.05) is 6.92 Å². The van der Waals surface area contributed by atoms with Gasteiger partial charge in [0.25, 0.3) is 0 Å². The molecule has 0 aliphatic carbocycles. The lowest BCUT2D eigenvalue weighted by atomic mass is 10.2. The molecule has 0 fully saturated rings.